The number of non-ortho nitro benzene ring substituents is 1. The number of para-hydroxylation sites is 1. The van der Waals surface area contributed by atoms with Crippen LogP contribution in [0.4, 0.5) is 15.8 Å². The van der Waals surface area contributed by atoms with Crippen molar-refractivity contribution in [3.05, 3.63) is 99.9 Å². The average molecular weight is 485 g/mol. The van der Waals surface area contributed by atoms with Crippen molar-refractivity contribution < 1.29 is 22.5 Å². The lowest BCUT2D eigenvalue weighted by atomic mass is 10.1. The van der Waals surface area contributed by atoms with Crippen LogP contribution in [0.1, 0.15) is 18.1 Å². The topological polar surface area (TPSA) is 122 Å². The third kappa shape index (κ3) is 5.62. The lowest BCUT2D eigenvalue weighted by Gasteiger charge is -2.24. The van der Waals surface area contributed by atoms with Crippen molar-refractivity contribution in [1.29, 1.82) is 0 Å². The maximum absolute atomic E-state index is 14.5. The molecule has 1 amide bonds. The number of amides is 1. The molecule has 0 aromatic heterocycles. The van der Waals surface area contributed by atoms with E-state index in [4.69, 9.17) is 0 Å². The molecule has 0 aliphatic heterocycles. The second-order valence-electron chi connectivity index (χ2n) is 7.32. The Morgan fingerprint density at radius 3 is 2.41 bits per heavy atom. The molecular formula is C23H21FN4O5S. The first-order chi connectivity index (χ1) is 16.1. The van der Waals surface area contributed by atoms with E-state index in [2.05, 4.69) is 10.5 Å². The van der Waals surface area contributed by atoms with Gasteiger partial charge in [0.05, 0.1) is 21.2 Å². The number of hydrogen-bond acceptors (Lipinski definition) is 6. The minimum absolute atomic E-state index is 0.106. The minimum atomic E-state index is -4.29. The molecule has 9 nitrogen and oxygen atoms in total. The number of nitrogens with zero attached hydrogens (tertiary/aromatic N) is 3. The lowest BCUT2D eigenvalue weighted by molar-refractivity contribution is -0.384. The molecule has 0 radical (unpaired) electrons. The summed E-state index contributed by atoms with van der Waals surface area (Å²) in [4.78, 5) is 22.9. The molecule has 0 heterocycles. The van der Waals surface area contributed by atoms with Crippen LogP contribution in [0.5, 0.6) is 0 Å². The molecule has 3 rings (SSSR count). The van der Waals surface area contributed by atoms with E-state index >= 15 is 0 Å². The Morgan fingerprint density at radius 2 is 1.76 bits per heavy atom. The number of nitrogens with one attached hydrogen (secondary N) is 1. The third-order valence-corrected chi connectivity index (χ3v) is 6.61. The van der Waals surface area contributed by atoms with Crippen LogP contribution in [-0.4, -0.2) is 31.5 Å². The highest BCUT2D eigenvalue weighted by atomic mass is 32.2. The Morgan fingerprint density at radius 1 is 1.09 bits per heavy atom. The van der Waals surface area contributed by atoms with Gasteiger partial charge in [0, 0.05) is 17.7 Å². The summed E-state index contributed by atoms with van der Waals surface area (Å²) in [5.74, 6) is -1.65. The molecule has 0 fully saturated rings. The SMILES string of the molecule is C/C(=N/NC(=O)CN(c1ccccc1F)S(=O)(=O)c1ccc(C)cc1)c1cccc([N+](=O)[O-])c1. The first kappa shape index (κ1) is 24.5. The van der Waals surface area contributed by atoms with E-state index in [0.29, 0.717) is 9.87 Å². The predicted molar refractivity (Wildman–Crippen MR) is 126 cm³/mol. The van der Waals surface area contributed by atoms with Gasteiger partial charge in [0.2, 0.25) is 0 Å². The fourth-order valence-corrected chi connectivity index (χ4v) is 4.44. The number of nitro groups is 1. The summed E-state index contributed by atoms with van der Waals surface area (Å²) in [5.41, 5.74) is 3.28. The number of carbonyl (C=O) groups excluding carboxylic acids is 1. The number of anilines is 1. The third-order valence-electron chi connectivity index (χ3n) is 4.84. The number of aryl methyl sites for hydroxylation is 1. The zero-order valence-electron chi connectivity index (χ0n) is 18.3. The van der Waals surface area contributed by atoms with Gasteiger partial charge in [-0.25, -0.2) is 18.2 Å². The number of hydrogen-bond donors (Lipinski definition) is 1. The fourth-order valence-electron chi connectivity index (χ4n) is 3.01. The van der Waals surface area contributed by atoms with Gasteiger partial charge in [-0.15, -0.1) is 0 Å². The minimum Gasteiger partial charge on any atom is -0.271 e. The summed E-state index contributed by atoms with van der Waals surface area (Å²) in [7, 11) is -4.29. The molecule has 0 unspecified atom stereocenters. The molecular weight excluding hydrogens is 463 g/mol. The zero-order valence-corrected chi connectivity index (χ0v) is 19.1. The Balaban J connectivity index is 1.88. The molecule has 0 aliphatic rings. The number of rotatable bonds is 8. The van der Waals surface area contributed by atoms with Crippen molar-refractivity contribution in [2.75, 3.05) is 10.8 Å². The van der Waals surface area contributed by atoms with Crippen LogP contribution in [0.2, 0.25) is 0 Å². The van der Waals surface area contributed by atoms with E-state index in [9.17, 15) is 27.7 Å². The highest BCUT2D eigenvalue weighted by Gasteiger charge is 2.29. The van der Waals surface area contributed by atoms with E-state index in [0.717, 1.165) is 11.6 Å². The molecule has 0 saturated heterocycles. The van der Waals surface area contributed by atoms with Crippen LogP contribution in [-0.2, 0) is 14.8 Å². The summed E-state index contributed by atoms with van der Waals surface area (Å²) in [5, 5.41) is 14.9. The molecule has 1 N–H and O–H groups in total. The van der Waals surface area contributed by atoms with Crippen molar-refractivity contribution in [2.45, 2.75) is 18.7 Å². The maximum Gasteiger partial charge on any atom is 0.270 e. The molecule has 11 heteroatoms. The average Bonchev–Trinajstić information content (AvgIpc) is 2.82. The second-order valence-corrected chi connectivity index (χ2v) is 9.18. The van der Waals surface area contributed by atoms with E-state index in [1.54, 1.807) is 25.1 Å². The van der Waals surface area contributed by atoms with Crippen molar-refractivity contribution >= 4 is 33.0 Å². The molecule has 34 heavy (non-hydrogen) atoms. The van der Waals surface area contributed by atoms with Crippen LogP contribution in [0.15, 0.2) is 82.8 Å². The number of nitro benzene ring substituents is 1. The van der Waals surface area contributed by atoms with Crippen LogP contribution in [0, 0.1) is 22.9 Å². The number of halogens is 1. The van der Waals surface area contributed by atoms with Gasteiger partial charge in [0.1, 0.15) is 12.4 Å². The summed E-state index contributed by atoms with van der Waals surface area (Å²) in [6.07, 6.45) is 0. The van der Waals surface area contributed by atoms with E-state index in [1.807, 2.05) is 0 Å². The number of benzene rings is 3. The molecule has 0 aliphatic carbocycles. The van der Waals surface area contributed by atoms with Gasteiger partial charge in [0.15, 0.2) is 0 Å². The Labute approximate surface area is 195 Å². The van der Waals surface area contributed by atoms with Gasteiger partial charge >= 0.3 is 0 Å². The second kappa shape index (κ2) is 10.2. The van der Waals surface area contributed by atoms with Gasteiger partial charge in [-0.05, 0) is 38.1 Å². The predicted octanol–water partition coefficient (Wildman–Crippen LogP) is 3.78. The van der Waals surface area contributed by atoms with Gasteiger partial charge in [-0.1, -0.05) is 42.0 Å². The molecule has 3 aromatic rings. The highest BCUT2D eigenvalue weighted by Crippen LogP contribution is 2.26. The fraction of sp³-hybridized carbons (Fsp3) is 0.130. The zero-order chi connectivity index (χ0) is 24.9. The molecule has 0 saturated carbocycles. The summed E-state index contributed by atoms with van der Waals surface area (Å²) >= 11 is 0. The van der Waals surface area contributed by atoms with Crippen molar-refractivity contribution in [1.82, 2.24) is 5.43 Å². The van der Waals surface area contributed by atoms with Gasteiger partial charge in [0.25, 0.3) is 21.6 Å². The lowest BCUT2D eigenvalue weighted by Crippen LogP contribution is -2.40. The highest BCUT2D eigenvalue weighted by molar-refractivity contribution is 7.92. The van der Waals surface area contributed by atoms with E-state index in [1.165, 1.54) is 55.5 Å². The normalized spacial score (nSPS) is 11.7. The molecule has 0 atom stereocenters. The summed E-state index contributed by atoms with van der Waals surface area (Å²) in [6, 6.07) is 16.8. The largest absolute Gasteiger partial charge is 0.271 e. The van der Waals surface area contributed by atoms with Crippen LogP contribution < -0.4 is 9.73 Å². The Kier molecular flexibility index (Phi) is 7.37. The first-order valence-electron chi connectivity index (χ1n) is 10.0. The maximum atomic E-state index is 14.5. The standard InChI is InChI=1S/C23H21FN4O5S/c1-16-10-12-20(13-11-16)34(32,33)27(22-9-4-3-8-21(22)24)15-23(29)26-25-17(2)18-6-5-7-19(14-18)28(30)31/h3-14H,15H2,1-2H3,(H,26,29)/b25-17-. The smallest absolute Gasteiger partial charge is 0.270 e. The van der Waals surface area contributed by atoms with Gasteiger partial charge < -0.3 is 0 Å². The molecule has 3 aromatic carbocycles. The number of carbonyl (C=O) groups is 1. The summed E-state index contributed by atoms with van der Waals surface area (Å²) < 4.78 is 41.7. The van der Waals surface area contributed by atoms with Crippen LogP contribution in [0.3, 0.4) is 0 Å². The molecule has 0 spiro atoms. The van der Waals surface area contributed by atoms with Crippen molar-refractivity contribution in [3.63, 3.8) is 0 Å². The van der Waals surface area contributed by atoms with Crippen LogP contribution in [0.25, 0.3) is 0 Å². The van der Waals surface area contributed by atoms with E-state index < -0.39 is 33.2 Å². The quantitative estimate of drug-likeness (QED) is 0.296. The molecule has 176 valence electrons. The Bertz CT molecular complexity index is 1360. The van der Waals surface area contributed by atoms with Crippen LogP contribution >= 0.6 is 0 Å². The van der Waals surface area contributed by atoms with E-state index in [-0.39, 0.29) is 22.0 Å². The van der Waals surface area contributed by atoms with Crippen molar-refractivity contribution in [3.8, 4) is 0 Å². The number of sulfonamides is 1. The van der Waals surface area contributed by atoms with Crippen molar-refractivity contribution in [2.24, 2.45) is 5.10 Å². The number of hydrazone groups is 1. The Hall–Kier alpha value is -4.12. The van der Waals surface area contributed by atoms with Gasteiger partial charge in [-0.2, -0.15) is 5.10 Å². The first-order valence-corrected chi connectivity index (χ1v) is 11.5. The molecule has 0 bridgehead atoms. The monoisotopic (exact) mass is 484 g/mol. The summed E-state index contributed by atoms with van der Waals surface area (Å²) in [6.45, 7) is 2.57. The van der Waals surface area contributed by atoms with Gasteiger partial charge in [-0.3, -0.25) is 19.2 Å².